The van der Waals surface area contributed by atoms with Gasteiger partial charge in [-0.05, 0) is 39.0 Å². The molecular formula is C16H27N3O. The fourth-order valence-electron chi connectivity index (χ4n) is 2.80. The average molecular weight is 277 g/mol. The van der Waals surface area contributed by atoms with Gasteiger partial charge in [0.15, 0.2) is 0 Å². The van der Waals surface area contributed by atoms with Crippen LogP contribution in [0.4, 0.5) is 5.82 Å². The zero-order valence-corrected chi connectivity index (χ0v) is 13.2. The Kier molecular flexibility index (Phi) is 5.21. The minimum absolute atomic E-state index is 0.312. The highest BCUT2D eigenvalue weighted by atomic mass is 16.5. The van der Waals surface area contributed by atoms with Crippen LogP contribution < -0.4 is 10.1 Å². The lowest BCUT2D eigenvalue weighted by Crippen LogP contribution is -2.25. The number of nitrogens with one attached hydrogen (secondary N) is 1. The molecule has 112 valence electrons. The summed E-state index contributed by atoms with van der Waals surface area (Å²) in [6.45, 7) is 9.37. The smallest absolute Gasteiger partial charge is 0.222 e. The van der Waals surface area contributed by atoms with E-state index in [9.17, 15) is 0 Å². The van der Waals surface area contributed by atoms with Crippen LogP contribution in [-0.2, 0) is 6.42 Å². The summed E-state index contributed by atoms with van der Waals surface area (Å²) in [6.07, 6.45) is 6.01. The third-order valence-electron chi connectivity index (χ3n) is 3.97. The van der Waals surface area contributed by atoms with Crippen molar-refractivity contribution in [1.29, 1.82) is 0 Å². The maximum absolute atomic E-state index is 6.19. The van der Waals surface area contributed by atoms with Gasteiger partial charge in [0, 0.05) is 13.0 Å². The van der Waals surface area contributed by atoms with Crippen molar-refractivity contribution in [1.82, 2.24) is 9.97 Å². The number of anilines is 1. The molecule has 1 fully saturated rings. The van der Waals surface area contributed by atoms with Crippen LogP contribution in [0.5, 0.6) is 5.88 Å². The van der Waals surface area contributed by atoms with E-state index in [1.54, 1.807) is 0 Å². The number of nitrogens with zero attached hydrogens (tertiary/aromatic N) is 2. The van der Waals surface area contributed by atoms with Crippen LogP contribution in [0.2, 0.25) is 0 Å². The molecular weight excluding hydrogens is 250 g/mol. The van der Waals surface area contributed by atoms with E-state index < -0.39 is 0 Å². The second kappa shape index (κ2) is 6.91. The molecule has 4 heteroatoms. The number of hydrogen-bond donors (Lipinski definition) is 1. The Hall–Kier alpha value is -1.32. The Bertz CT molecular complexity index is 448. The number of ether oxygens (including phenoxy) is 1. The van der Waals surface area contributed by atoms with Crippen LogP contribution >= 0.6 is 0 Å². The van der Waals surface area contributed by atoms with Gasteiger partial charge in [-0.2, -0.15) is 4.98 Å². The van der Waals surface area contributed by atoms with Crippen molar-refractivity contribution in [3.05, 3.63) is 11.4 Å². The third kappa shape index (κ3) is 3.62. The molecule has 0 aromatic carbocycles. The Morgan fingerprint density at radius 1 is 1.25 bits per heavy atom. The van der Waals surface area contributed by atoms with Gasteiger partial charge in [-0.15, -0.1) is 0 Å². The van der Waals surface area contributed by atoms with Crippen molar-refractivity contribution in [3.63, 3.8) is 0 Å². The SMILES string of the molecule is CCNc1nc(CC)nc(OC2CCCC(C)C2)c1C. The third-order valence-corrected chi connectivity index (χ3v) is 3.97. The van der Waals surface area contributed by atoms with Crippen molar-refractivity contribution in [2.24, 2.45) is 5.92 Å². The number of aromatic nitrogens is 2. The van der Waals surface area contributed by atoms with Crippen LogP contribution in [0.25, 0.3) is 0 Å². The Morgan fingerprint density at radius 3 is 2.70 bits per heavy atom. The summed E-state index contributed by atoms with van der Waals surface area (Å²) in [6, 6.07) is 0. The lowest BCUT2D eigenvalue weighted by atomic mass is 9.89. The van der Waals surface area contributed by atoms with Crippen LogP contribution in [-0.4, -0.2) is 22.6 Å². The van der Waals surface area contributed by atoms with E-state index >= 15 is 0 Å². The van der Waals surface area contributed by atoms with Gasteiger partial charge in [-0.3, -0.25) is 0 Å². The summed E-state index contributed by atoms with van der Waals surface area (Å²) in [5.41, 5.74) is 1.03. The van der Waals surface area contributed by atoms with Crippen LogP contribution in [0.1, 0.15) is 57.8 Å². The molecule has 0 spiro atoms. The van der Waals surface area contributed by atoms with E-state index in [4.69, 9.17) is 4.74 Å². The first-order valence-corrected chi connectivity index (χ1v) is 7.92. The Morgan fingerprint density at radius 2 is 2.05 bits per heavy atom. The summed E-state index contributed by atoms with van der Waals surface area (Å²) in [4.78, 5) is 9.13. The molecule has 2 atom stereocenters. The molecule has 4 nitrogen and oxygen atoms in total. The van der Waals surface area contributed by atoms with E-state index in [0.29, 0.717) is 6.10 Å². The largest absolute Gasteiger partial charge is 0.474 e. The van der Waals surface area contributed by atoms with Gasteiger partial charge in [0.05, 0.1) is 5.56 Å². The zero-order valence-electron chi connectivity index (χ0n) is 13.2. The highest BCUT2D eigenvalue weighted by Crippen LogP contribution is 2.29. The molecule has 1 aromatic heterocycles. The van der Waals surface area contributed by atoms with Crippen LogP contribution in [0, 0.1) is 12.8 Å². The highest BCUT2D eigenvalue weighted by Gasteiger charge is 2.22. The van der Waals surface area contributed by atoms with E-state index in [0.717, 1.165) is 54.8 Å². The first kappa shape index (κ1) is 15.1. The fraction of sp³-hybridized carbons (Fsp3) is 0.750. The molecule has 1 saturated carbocycles. The van der Waals surface area contributed by atoms with Crippen molar-refractivity contribution >= 4 is 5.82 Å². The molecule has 1 aromatic rings. The highest BCUT2D eigenvalue weighted by molar-refractivity contribution is 5.48. The normalized spacial score (nSPS) is 22.6. The van der Waals surface area contributed by atoms with Crippen LogP contribution in [0.15, 0.2) is 0 Å². The van der Waals surface area contributed by atoms with Gasteiger partial charge >= 0.3 is 0 Å². The minimum Gasteiger partial charge on any atom is -0.474 e. The summed E-state index contributed by atoms with van der Waals surface area (Å²) < 4.78 is 6.19. The topological polar surface area (TPSA) is 47.0 Å². The summed E-state index contributed by atoms with van der Waals surface area (Å²) >= 11 is 0. The van der Waals surface area contributed by atoms with Crippen molar-refractivity contribution in [3.8, 4) is 5.88 Å². The first-order chi connectivity index (χ1) is 9.63. The monoisotopic (exact) mass is 277 g/mol. The lowest BCUT2D eigenvalue weighted by Gasteiger charge is -2.27. The van der Waals surface area contributed by atoms with Crippen molar-refractivity contribution < 1.29 is 4.74 Å². The molecule has 0 amide bonds. The quantitative estimate of drug-likeness (QED) is 0.890. The van der Waals surface area contributed by atoms with Crippen molar-refractivity contribution in [2.75, 3.05) is 11.9 Å². The summed E-state index contributed by atoms with van der Waals surface area (Å²) in [5, 5.41) is 3.31. The van der Waals surface area contributed by atoms with Crippen molar-refractivity contribution in [2.45, 2.75) is 65.9 Å². The number of hydrogen-bond acceptors (Lipinski definition) is 4. The van der Waals surface area contributed by atoms with Gasteiger partial charge in [0.2, 0.25) is 5.88 Å². The number of aryl methyl sites for hydroxylation is 1. The van der Waals surface area contributed by atoms with Gasteiger partial charge in [0.1, 0.15) is 17.7 Å². The molecule has 0 saturated heterocycles. The van der Waals surface area contributed by atoms with Gasteiger partial charge in [-0.1, -0.05) is 20.3 Å². The maximum Gasteiger partial charge on any atom is 0.222 e. The summed E-state index contributed by atoms with van der Waals surface area (Å²) in [7, 11) is 0. The fourth-order valence-corrected chi connectivity index (χ4v) is 2.80. The van der Waals surface area contributed by atoms with Crippen LogP contribution in [0.3, 0.4) is 0 Å². The molecule has 0 bridgehead atoms. The second-order valence-electron chi connectivity index (χ2n) is 5.81. The molecule has 0 radical (unpaired) electrons. The Labute approximate surface area is 122 Å². The minimum atomic E-state index is 0.312. The first-order valence-electron chi connectivity index (χ1n) is 7.92. The lowest BCUT2D eigenvalue weighted by molar-refractivity contribution is 0.122. The summed E-state index contributed by atoms with van der Waals surface area (Å²) in [5.74, 6) is 3.30. The zero-order chi connectivity index (χ0) is 14.5. The molecule has 1 heterocycles. The van der Waals surface area contributed by atoms with E-state index in [1.165, 1.54) is 12.8 Å². The maximum atomic E-state index is 6.19. The molecule has 2 unspecified atom stereocenters. The molecule has 1 aliphatic rings. The van der Waals surface area contributed by atoms with Gasteiger partial charge in [-0.25, -0.2) is 4.98 Å². The average Bonchev–Trinajstić information content (AvgIpc) is 2.43. The molecule has 20 heavy (non-hydrogen) atoms. The Balaban J connectivity index is 2.18. The molecule has 2 rings (SSSR count). The van der Waals surface area contributed by atoms with E-state index in [2.05, 4.69) is 36.1 Å². The van der Waals surface area contributed by atoms with E-state index in [1.807, 2.05) is 6.92 Å². The van der Waals surface area contributed by atoms with E-state index in [-0.39, 0.29) is 0 Å². The second-order valence-corrected chi connectivity index (χ2v) is 5.81. The number of rotatable bonds is 5. The standard InChI is InChI=1S/C16H27N3O/c1-5-14-18-15(17-6-2)12(4)16(19-14)20-13-9-7-8-11(3)10-13/h11,13H,5-10H2,1-4H3,(H,17,18,19). The molecule has 1 N–H and O–H groups in total. The van der Waals surface area contributed by atoms with Gasteiger partial charge in [0.25, 0.3) is 0 Å². The van der Waals surface area contributed by atoms with Gasteiger partial charge < -0.3 is 10.1 Å². The molecule has 0 aliphatic heterocycles. The predicted octanol–water partition coefficient (Wildman–Crippen LogP) is 3.74. The molecule has 1 aliphatic carbocycles. The predicted molar refractivity (Wildman–Crippen MR) is 82.4 cm³/mol.